The Balaban J connectivity index is 1.40. The standard InChI is InChI=1S/C27H35NO2/c1-18(29)30-21-13-15-26(2)19(17-21)9-10-22-23-11-12-25(27(23,3)16-14-24(22)26)28-20-7-5-4-6-8-20/h4-9,21-24H,10-17H2,1-3H3. The Hall–Kier alpha value is -1.90. The minimum atomic E-state index is -0.137. The molecular weight excluding hydrogens is 370 g/mol. The van der Waals surface area contributed by atoms with Crippen LogP contribution in [-0.2, 0) is 9.53 Å². The Bertz CT molecular complexity index is 887. The molecule has 5 rings (SSSR count). The highest BCUT2D eigenvalue weighted by molar-refractivity contribution is 5.94. The van der Waals surface area contributed by atoms with Gasteiger partial charge in [-0.1, -0.05) is 43.7 Å². The zero-order valence-corrected chi connectivity index (χ0v) is 18.7. The maximum absolute atomic E-state index is 11.4. The molecule has 0 aliphatic heterocycles. The largest absolute Gasteiger partial charge is 0.462 e. The molecule has 3 nitrogen and oxygen atoms in total. The fraction of sp³-hybridized carbons (Fsp3) is 0.630. The first-order valence-electron chi connectivity index (χ1n) is 11.9. The number of carbonyl (C=O) groups excluding carboxylic acids is 1. The van der Waals surface area contributed by atoms with Crippen molar-refractivity contribution in [1.29, 1.82) is 0 Å². The first-order chi connectivity index (χ1) is 14.4. The number of benzene rings is 1. The normalized spacial score (nSPS) is 41.4. The zero-order chi connectivity index (χ0) is 20.9. The lowest BCUT2D eigenvalue weighted by molar-refractivity contribution is -0.148. The molecule has 0 saturated heterocycles. The first-order valence-corrected chi connectivity index (χ1v) is 11.9. The van der Waals surface area contributed by atoms with E-state index < -0.39 is 0 Å². The lowest BCUT2D eigenvalue weighted by Gasteiger charge is -2.57. The van der Waals surface area contributed by atoms with E-state index in [2.05, 4.69) is 50.3 Å². The number of hydrogen-bond acceptors (Lipinski definition) is 3. The van der Waals surface area contributed by atoms with Crippen LogP contribution in [-0.4, -0.2) is 17.8 Å². The van der Waals surface area contributed by atoms with Gasteiger partial charge in [-0.05, 0) is 80.2 Å². The molecule has 160 valence electrons. The number of ether oxygens (including phenoxy) is 1. The van der Waals surface area contributed by atoms with E-state index in [1.165, 1.54) is 38.3 Å². The molecule has 0 bridgehead atoms. The van der Waals surface area contributed by atoms with Crippen LogP contribution in [0.1, 0.15) is 72.1 Å². The number of fused-ring (bicyclic) bond motifs is 5. The van der Waals surface area contributed by atoms with Crippen molar-refractivity contribution in [2.75, 3.05) is 0 Å². The van der Waals surface area contributed by atoms with E-state index in [1.807, 2.05) is 0 Å². The molecule has 0 spiro atoms. The van der Waals surface area contributed by atoms with Crippen molar-refractivity contribution >= 4 is 17.4 Å². The van der Waals surface area contributed by atoms with Gasteiger partial charge >= 0.3 is 5.97 Å². The third kappa shape index (κ3) is 3.16. The molecule has 0 aromatic heterocycles. The topological polar surface area (TPSA) is 38.7 Å². The van der Waals surface area contributed by atoms with Gasteiger partial charge in [0.25, 0.3) is 0 Å². The maximum atomic E-state index is 11.4. The van der Waals surface area contributed by atoms with Crippen molar-refractivity contribution in [3.8, 4) is 0 Å². The smallest absolute Gasteiger partial charge is 0.302 e. The molecule has 6 atom stereocenters. The van der Waals surface area contributed by atoms with Crippen LogP contribution in [0.5, 0.6) is 0 Å². The Labute approximate surface area is 181 Å². The Morgan fingerprint density at radius 2 is 1.77 bits per heavy atom. The monoisotopic (exact) mass is 405 g/mol. The van der Waals surface area contributed by atoms with Crippen molar-refractivity contribution in [2.24, 2.45) is 33.6 Å². The van der Waals surface area contributed by atoms with Crippen LogP contribution in [0.3, 0.4) is 0 Å². The summed E-state index contributed by atoms with van der Waals surface area (Å²) in [5.74, 6) is 2.15. The Kier molecular flexibility index (Phi) is 4.91. The van der Waals surface area contributed by atoms with E-state index in [0.717, 1.165) is 49.1 Å². The van der Waals surface area contributed by atoms with Crippen molar-refractivity contribution in [3.63, 3.8) is 0 Å². The summed E-state index contributed by atoms with van der Waals surface area (Å²) in [6.07, 6.45) is 11.9. The quantitative estimate of drug-likeness (QED) is 0.408. The minimum Gasteiger partial charge on any atom is -0.462 e. The van der Waals surface area contributed by atoms with Gasteiger partial charge in [0.05, 0.1) is 5.69 Å². The van der Waals surface area contributed by atoms with Crippen molar-refractivity contribution in [3.05, 3.63) is 42.0 Å². The summed E-state index contributed by atoms with van der Waals surface area (Å²) < 4.78 is 5.58. The fourth-order valence-corrected chi connectivity index (χ4v) is 7.59. The first kappa shape index (κ1) is 20.0. The third-order valence-corrected chi connectivity index (χ3v) is 9.15. The highest BCUT2D eigenvalue weighted by Gasteiger charge is 2.57. The Morgan fingerprint density at radius 1 is 1.03 bits per heavy atom. The summed E-state index contributed by atoms with van der Waals surface area (Å²) in [5.41, 5.74) is 4.67. The van der Waals surface area contributed by atoms with E-state index in [-0.39, 0.29) is 17.5 Å². The molecular formula is C27H35NO2. The van der Waals surface area contributed by atoms with Crippen LogP contribution < -0.4 is 0 Å². The van der Waals surface area contributed by atoms with Gasteiger partial charge in [-0.2, -0.15) is 0 Å². The van der Waals surface area contributed by atoms with Gasteiger partial charge in [-0.15, -0.1) is 0 Å². The minimum absolute atomic E-state index is 0.0864. The third-order valence-electron chi connectivity index (χ3n) is 9.15. The van der Waals surface area contributed by atoms with Crippen LogP contribution in [0.4, 0.5) is 5.69 Å². The molecule has 1 aromatic carbocycles. The van der Waals surface area contributed by atoms with Crippen LogP contribution >= 0.6 is 0 Å². The predicted molar refractivity (Wildman–Crippen MR) is 121 cm³/mol. The fourth-order valence-electron chi connectivity index (χ4n) is 7.59. The molecule has 3 fully saturated rings. The predicted octanol–water partition coefficient (Wildman–Crippen LogP) is 6.65. The average Bonchev–Trinajstić information content (AvgIpc) is 3.05. The molecule has 3 heteroatoms. The number of para-hydroxylation sites is 1. The number of nitrogens with zero attached hydrogens (tertiary/aromatic N) is 1. The lowest BCUT2D eigenvalue weighted by Crippen LogP contribution is -2.50. The van der Waals surface area contributed by atoms with E-state index >= 15 is 0 Å². The van der Waals surface area contributed by atoms with E-state index in [4.69, 9.17) is 9.73 Å². The average molecular weight is 406 g/mol. The van der Waals surface area contributed by atoms with Crippen molar-refractivity contribution in [2.45, 2.75) is 78.2 Å². The number of hydrogen-bond donors (Lipinski definition) is 0. The van der Waals surface area contributed by atoms with E-state index in [0.29, 0.717) is 5.41 Å². The maximum Gasteiger partial charge on any atom is 0.302 e. The number of carbonyl (C=O) groups is 1. The molecule has 4 aliphatic carbocycles. The van der Waals surface area contributed by atoms with Gasteiger partial charge in [-0.25, -0.2) is 0 Å². The summed E-state index contributed by atoms with van der Waals surface area (Å²) in [7, 11) is 0. The van der Waals surface area contributed by atoms with Crippen LogP contribution in [0, 0.1) is 28.6 Å². The van der Waals surface area contributed by atoms with Crippen LogP contribution in [0.2, 0.25) is 0 Å². The summed E-state index contributed by atoms with van der Waals surface area (Å²) in [4.78, 5) is 16.6. The highest BCUT2D eigenvalue weighted by atomic mass is 16.5. The molecule has 6 unspecified atom stereocenters. The number of allylic oxidation sites excluding steroid dienone is 1. The number of aliphatic imine (C=N–C) groups is 1. The van der Waals surface area contributed by atoms with Gasteiger partial charge in [0.2, 0.25) is 0 Å². The van der Waals surface area contributed by atoms with E-state index in [9.17, 15) is 4.79 Å². The van der Waals surface area contributed by atoms with Gasteiger partial charge < -0.3 is 4.74 Å². The van der Waals surface area contributed by atoms with Crippen LogP contribution in [0.15, 0.2) is 47.0 Å². The number of esters is 1. The number of rotatable bonds is 2. The summed E-state index contributed by atoms with van der Waals surface area (Å²) >= 11 is 0. The van der Waals surface area contributed by atoms with Gasteiger partial charge in [0.15, 0.2) is 0 Å². The van der Waals surface area contributed by atoms with Gasteiger partial charge in [0, 0.05) is 24.5 Å². The Morgan fingerprint density at radius 3 is 2.53 bits per heavy atom. The second-order valence-corrected chi connectivity index (χ2v) is 10.6. The second-order valence-electron chi connectivity index (χ2n) is 10.6. The molecule has 0 amide bonds. The summed E-state index contributed by atoms with van der Waals surface area (Å²) in [5, 5.41) is 0. The van der Waals surface area contributed by atoms with Gasteiger partial charge in [0.1, 0.15) is 6.10 Å². The molecule has 4 aliphatic rings. The summed E-state index contributed by atoms with van der Waals surface area (Å²) in [6, 6.07) is 10.5. The SMILES string of the molecule is CC(=O)OC1CCC2(C)C(=CCC3C2CCC2(C)C(=Nc4ccccc4)CCC32)C1. The van der Waals surface area contributed by atoms with E-state index in [1.54, 1.807) is 5.57 Å². The molecule has 1 aromatic rings. The molecule has 0 N–H and O–H groups in total. The lowest BCUT2D eigenvalue weighted by atomic mass is 9.48. The van der Waals surface area contributed by atoms with Gasteiger partial charge in [-0.3, -0.25) is 9.79 Å². The molecule has 3 saturated carbocycles. The van der Waals surface area contributed by atoms with Crippen molar-refractivity contribution in [1.82, 2.24) is 0 Å². The zero-order valence-electron chi connectivity index (χ0n) is 18.7. The second kappa shape index (κ2) is 7.35. The summed E-state index contributed by atoms with van der Waals surface area (Å²) in [6.45, 7) is 6.55. The highest BCUT2D eigenvalue weighted by Crippen LogP contribution is 2.64. The molecule has 0 radical (unpaired) electrons. The molecule has 30 heavy (non-hydrogen) atoms. The molecule has 0 heterocycles. The van der Waals surface area contributed by atoms with Crippen LogP contribution in [0.25, 0.3) is 0 Å². The van der Waals surface area contributed by atoms with Crippen molar-refractivity contribution < 1.29 is 9.53 Å².